The Kier molecular flexibility index (Phi) is 4.07. The maximum atomic E-state index is 11.3. The first-order valence-corrected chi connectivity index (χ1v) is 6.93. The van der Waals surface area contributed by atoms with Crippen molar-refractivity contribution in [2.45, 2.75) is 17.9 Å². The number of nitrogens with zero attached hydrogens (tertiary/aromatic N) is 1. The van der Waals surface area contributed by atoms with Crippen LogP contribution in [0.15, 0.2) is 29.2 Å². The van der Waals surface area contributed by atoms with E-state index in [0.717, 1.165) is 5.56 Å². The fraction of sp³-hybridized carbons (Fsp3) is 0.455. The van der Waals surface area contributed by atoms with Crippen LogP contribution in [0.1, 0.15) is 18.5 Å². The molecule has 0 bridgehead atoms. The standard InChI is InChI=1S/C11H18N2O2S/c1-9(12-13(2)3)10-5-7-11(8-6-10)16(4,14)15/h5-9,12H,1-4H3. The van der Waals surface area contributed by atoms with Crippen LogP contribution in [0.4, 0.5) is 0 Å². The molecule has 0 radical (unpaired) electrons. The van der Waals surface area contributed by atoms with E-state index < -0.39 is 9.84 Å². The number of rotatable bonds is 4. The number of sulfone groups is 1. The second-order valence-electron chi connectivity index (χ2n) is 4.09. The highest BCUT2D eigenvalue weighted by Crippen LogP contribution is 2.16. The predicted octanol–water partition coefficient (Wildman–Crippen LogP) is 1.22. The van der Waals surface area contributed by atoms with Crippen LogP contribution in [0.25, 0.3) is 0 Å². The number of benzene rings is 1. The van der Waals surface area contributed by atoms with Gasteiger partial charge >= 0.3 is 0 Å². The van der Waals surface area contributed by atoms with Gasteiger partial charge in [-0.3, -0.25) is 5.01 Å². The van der Waals surface area contributed by atoms with Gasteiger partial charge in [-0.25, -0.2) is 13.8 Å². The van der Waals surface area contributed by atoms with E-state index in [1.165, 1.54) is 6.26 Å². The zero-order valence-electron chi connectivity index (χ0n) is 10.1. The van der Waals surface area contributed by atoms with Gasteiger partial charge in [0.15, 0.2) is 9.84 Å². The number of hydrazine groups is 1. The van der Waals surface area contributed by atoms with Crippen molar-refractivity contribution in [1.29, 1.82) is 0 Å². The third-order valence-electron chi connectivity index (χ3n) is 2.26. The van der Waals surface area contributed by atoms with Crippen molar-refractivity contribution in [2.24, 2.45) is 0 Å². The van der Waals surface area contributed by atoms with E-state index in [1.807, 2.05) is 38.2 Å². The van der Waals surface area contributed by atoms with Crippen molar-refractivity contribution in [2.75, 3.05) is 20.4 Å². The predicted molar refractivity (Wildman–Crippen MR) is 64.8 cm³/mol. The van der Waals surface area contributed by atoms with E-state index >= 15 is 0 Å². The highest BCUT2D eigenvalue weighted by molar-refractivity contribution is 7.90. The molecule has 0 aromatic heterocycles. The molecule has 1 unspecified atom stereocenters. The molecule has 1 aromatic rings. The molecule has 1 atom stereocenters. The van der Waals surface area contributed by atoms with Gasteiger partial charge in [-0.15, -0.1) is 0 Å². The molecule has 0 heterocycles. The molecule has 0 amide bonds. The third-order valence-corrected chi connectivity index (χ3v) is 3.39. The Morgan fingerprint density at radius 2 is 1.69 bits per heavy atom. The summed E-state index contributed by atoms with van der Waals surface area (Å²) < 4.78 is 22.5. The molecule has 0 saturated carbocycles. The molecule has 1 N–H and O–H groups in total. The molecule has 1 aromatic carbocycles. The molecular formula is C11H18N2O2S. The molecule has 0 aliphatic carbocycles. The van der Waals surface area contributed by atoms with Crippen LogP contribution < -0.4 is 5.43 Å². The molecule has 0 aliphatic rings. The minimum atomic E-state index is -3.10. The molecule has 1 rings (SSSR count). The maximum Gasteiger partial charge on any atom is 0.175 e. The molecule has 16 heavy (non-hydrogen) atoms. The van der Waals surface area contributed by atoms with Crippen molar-refractivity contribution < 1.29 is 8.42 Å². The molecule has 4 nitrogen and oxygen atoms in total. The maximum absolute atomic E-state index is 11.3. The zero-order chi connectivity index (χ0) is 12.3. The summed E-state index contributed by atoms with van der Waals surface area (Å²) >= 11 is 0. The SMILES string of the molecule is CC(NN(C)C)c1ccc(S(C)(=O)=O)cc1. The minimum Gasteiger partial charge on any atom is -0.250 e. The van der Waals surface area contributed by atoms with Crippen LogP contribution in [0.5, 0.6) is 0 Å². The van der Waals surface area contributed by atoms with E-state index in [2.05, 4.69) is 5.43 Å². The van der Waals surface area contributed by atoms with Gasteiger partial charge in [0, 0.05) is 26.4 Å². The topological polar surface area (TPSA) is 49.4 Å². The van der Waals surface area contributed by atoms with E-state index in [4.69, 9.17) is 0 Å². The van der Waals surface area contributed by atoms with Crippen molar-refractivity contribution in [3.63, 3.8) is 0 Å². The number of hydrogen-bond donors (Lipinski definition) is 1. The summed E-state index contributed by atoms with van der Waals surface area (Å²) in [7, 11) is 0.737. The first kappa shape index (κ1) is 13.2. The lowest BCUT2D eigenvalue weighted by Gasteiger charge is -2.19. The fourth-order valence-electron chi connectivity index (χ4n) is 1.47. The Labute approximate surface area is 97.2 Å². The molecule has 0 saturated heterocycles. The Morgan fingerprint density at radius 1 is 1.19 bits per heavy atom. The summed E-state index contributed by atoms with van der Waals surface area (Å²) in [5.74, 6) is 0. The van der Waals surface area contributed by atoms with Gasteiger partial charge in [-0.1, -0.05) is 12.1 Å². The monoisotopic (exact) mass is 242 g/mol. The van der Waals surface area contributed by atoms with Gasteiger partial charge in [0.2, 0.25) is 0 Å². The summed E-state index contributed by atoms with van der Waals surface area (Å²) in [6.45, 7) is 2.02. The largest absolute Gasteiger partial charge is 0.250 e. The normalized spacial score (nSPS) is 14.1. The first-order valence-electron chi connectivity index (χ1n) is 5.04. The number of nitrogens with one attached hydrogen (secondary N) is 1. The summed E-state index contributed by atoms with van der Waals surface area (Å²) in [6.07, 6.45) is 1.21. The summed E-state index contributed by atoms with van der Waals surface area (Å²) in [5.41, 5.74) is 4.26. The second kappa shape index (κ2) is 4.95. The van der Waals surface area contributed by atoms with Crippen molar-refractivity contribution in [3.8, 4) is 0 Å². The average Bonchev–Trinajstić information content (AvgIpc) is 2.15. The Balaban J connectivity index is 2.87. The Morgan fingerprint density at radius 3 is 2.06 bits per heavy atom. The van der Waals surface area contributed by atoms with E-state index in [9.17, 15) is 8.42 Å². The highest BCUT2D eigenvalue weighted by atomic mass is 32.2. The molecule has 0 spiro atoms. The van der Waals surface area contributed by atoms with Crippen LogP contribution in [-0.2, 0) is 9.84 Å². The van der Waals surface area contributed by atoms with E-state index in [-0.39, 0.29) is 6.04 Å². The summed E-state index contributed by atoms with van der Waals surface area (Å²) in [5, 5.41) is 1.87. The molecule has 90 valence electrons. The van der Waals surface area contributed by atoms with Gasteiger partial charge in [-0.05, 0) is 24.6 Å². The van der Waals surface area contributed by atoms with Crippen LogP contribution in [-0.4, -0.2) is 33.8 Å². The lowest BCUT2D eigenvalue weighted by Crippen LogP contribution is -2.32. The quantitative estimate of drug-likeness (QED) is 0.807. The lowest BCUT2D eigenvalue weighted by molar-refractivity contribution is 0.252. The van der Waals surface area contributed by atoms with Crippen molar-refractivity contribution in [3.05, 3.63) is 29.8 Å². The molecule has 0 aliphatic heterocycles. The minimum absolute atomic E-state index is 0.156. The smallest absolute Gasteiger partial charge is 0.175 e. The van der Waals surface area contributed by atoms with Gasteiger partial charge in [0.05, 0.1) is 4.90 Å². The molecule has 0 fully saturated rings. The van der Waals surface area contributed by atoms with Crippen LogP contribution in [0.3, 0.4) is 0 Å². The van der Waals surface area contributed by atoms with Crippen molar-refractivity contribution in [1.82, 2.24) is 10.4 Å². The average molecular weight is 242 g/mol. The second-order valence-corrected chi connectivity index (χ2v) is 6.10. The number of hydrogen-bond acceptors (Lipinski definition) is 4. The third kappa shape index (κ3) is 3.59. The lowest BCUT2D eigenvalue weighted by atomic mass is 10.1. The van der Waals surface area contributed by atoms with Crippen LogP contribution in [0, 0.1) is 0 Å². The van der Waals surface area contributed by atoms with Gasteiger partial charge in [0.25, 0.3) is 0 Å². The van der Waals surface area contributed by atoms with E-state index in [1.54, 1.807) is 12.1 Å². The summed E-state index contributed by atoms with van der Waals surface area (Å²) in [4.78, 5) is 0.355. The highest BCUT2D eigenvalue weighted by Gasteiger charge is 2.09. The zero-order valence-corrected chi connectivity index (χ0v) is 10.9. The first-order chi connectivity index (χ1) is 7.30. The van der Waals surface area contributed by atoms with E-state index in [0.29, 0.717) is 4.90 Å². The Bertz CT molecular complexity index is 438. The molecular weight excluding hydrogens is 224 g/mol. The van der Waals surface area contributed by atoms with Gasteiger partial charge in [-0.2, -0.15) is 0 Å². The van der Waals surface area contributed by atoms with Gasteiger partial charge < -0.3 is 0 Å². The van der Waals surface area contributed by atoms with Crippen LogP contribution in [0.2, 0.25) is 0 Å². The van der Waals surface area contributed by atoms with Crippen LogP contribution >= 0.6 is 0 Å². The summed E-state index contributed by atoms with van der Waals surface area (Å²) in [6, 6.07) is 7.09. The van der Waals surface area contributed by atoms with Gasteiger partial charge in [0.1, 0.15) is 0 Å². The van der Waals surface area contributed by atoms with Crippen molar-refractivity contribution >= 4 is 9.84 Å². The Hall–Kier alpha value is -0.910. The fourth-order valence-corrected chi connectivity index (χ4v) is 2.10. The molecule has 5 heteroatoms.